The Bertz CT molecular complexity index is 1460. The lowest BCUT2D eigenvalue weighted by Crippen LogP contribution is -2.50. The van der Waals surface area contributed by atoms with E-state index in [-0.39, 0.29) is 44.1 Å². The molecule has 0 saturated heterocycles. The van der Waals surface area contributed by atoms with E-state index < -0.39 is 29.1 Å². The highest BCUT2D eigenvalue weighted by molar-refractivity contribution is 5.92. The fourth-order valence-electron chi connectivity index (χ4n) is 5.07. The molecule has 0 spiro atoms. The van der Waals surface area contributed by atoms with Gasteiger partial charge in [-0.3, -0.25) is 9.78 Å². The molecule has 3 aromatic rings. The van der Waals surface area contributed by atoms with Crippen LogP contribution in [0.15, 0.2) is 70.4 Å². The summed E-state index contributed by atoms with van der Waals surface area (Å²) in [7, 11) is 0. The molecule has 5 rings (SSSR count). The molecule has 2 aliphatic rings. The van der Waals surface area contributed by atoms with Crippen LogP contribution < -0.4 is 11.5 Å². The number of pyridine rings is 1. The molecule has 12 heteroatoms. The molecule has 0 saturated carbocycles. The third-order valence-corrected chi connectivity index (χ3v) is 7.00. The first-order valence-electron chi connectivity index (χ1n) is 11.8. The molecular weight excluding hydrogens is 501 g/mol. The van der Waals surface area contributed by atoms with Crippen LogP contribution in [-0.4, -0.2) is 45.1 Å². The number of primary amides is 2. The first-order valence-corrected chi connectivity index (χ1v) is 11.8. The molecule has 196 valence electrons. The van der Waals surface area contributed by atoms with Gasteiger partial charge in [-0.05, 0) is 59.4 Å². The summed E-state index contributed by atoms with van der Waals surface area (Å²) in [6.45, 7) is 0.231. The molecule has 4 N–H and O–H groups in total. The highest BCUT2D eigenvalue weighted by Crippen LogP contribution is 2.48. The van der Waals surface area contributed by atoms with Crippen LogP contribution >= 0.6 is 0 Å². The second-order valence-electron chi connectivity index (χ2n) is 9.22. The Balaban J connectivity index is 1.58. The first kappa shape index (κ1) is 25.2. The van der Waals surface area contributed by atoms with Crippen LogP contribution in [0.25, 0.3) is 17.1 Å². The van der Waals surface area contributed by atoms with Crippen LogP contribution in [-0.2, 0) is 17.4 Å². The van der Waals surface area contributed by atoms with E-state index in [1.54, 1.807) is 36.5 Å². The zero-order chi connectivity index (χ0) is 27.1. The van der Waals surface area contributed by atoms with Crippen molar-refractivity contribution in [2.45, 2.75) is 25.4 Å². The van der Waals surface area contributed by atoms with Gasteiger partial charge >= 0.3 is 12.2 Å². The molecule has 1 aromatic carbocycles. The number of halogens is 3. The molecule has 0 bridgehead atoms. The van der Waals surface area contributed by atoms with Crippen molar-refractivity contribution in [3.8, 4) is 11.5 Å². The Hall–Kier alpha value is -4.48. The summed E-state index contributed by atoms with van der Waals surface area (Å²) in [4.78, 5) is 35.1. The summed E-state index contributed by atoms with van der Waals surface area (Å²) in [5, 5.41) is 3.96. The van der Waals surface area contributed by atoms with Gasteiger partial charge in [-0.2, -0.15) is 18.2 Å². The number of nitrogens with two attached hydrogens (primary N) is 2. The van der Waals surface area contributed by atoms with Crippen molar-refractivity contribution in [3.05, 3.63) is 82.9 Å². The predicted octanol–water partition coefficient (Wildman–Crippen LogP) is 3.73. The molecule has 1 unspecified atom stereocenters. The number of hydrogen-bond donors (Lipinski definition) is 2. The van der Waals surface area contributed by atoms with Gasteiger partial charge in [0.2, 0.25) is 17.6 Å². The summed E-state index contributed by atoms with van der Waals surface area (Å²) in [5.74, 6) is -0.329. The van der Waals surface area contributed by atoms with Gasteiger partial charge < -0.3 is 20.9 Å². The highest BCUT2D eigenvalue weighted by atomic mass is 19.4. The minimum Gasteiger partial charge on any atom is -0.369 e. The Morgan fingerprint density at radius 1 is 1.13 bits per heavy atom. The smallest absolute Gasteiger partial charge is 0.369 e. The van der Waals surface area contributed by atoms with Gasteiger partial charge in [-0.25, -0.2) is 4.79 Å². The van der Waals surface area contributed by atoms with Crippen LogP contribution in [0.5, 0.6) is 0 Å². The molecule has 0 fully saturated rings. The van der Waals surface area contributed by atoms with Gasteiger partial charge in [-0.15, -0.1) is 0 Å². The number of rotatable bonds is 5. The average molecular weight is 525 g/mol. The maximum atomic E-state index is 13.4. The van der Waals surface area contributed by atoms with Gasteiger partial charge in [0.15, 0.2) is 0 Å². The van der Waals surface area contributed by atoms with E-state index in [0.29, 0.717) is 28.0 Å². The number of hydrogen-bond acceptors (Lipinski definition) is 6. The van der Waals surface area contributed by atoms with Gasteiger partial charge in [0.05, 0.1) is 11.0 Å². The zero-order valence-electron chi connectivity index (χ0n) is 20.0. The number of carbonyl (C=O) groups is 2. The number of aromatic nitrogens is 3. The third-order valence-electron chi connectivity index (χ3n) is 7.00. The summed E-state index contributed by atoms with van der Waals surface area (Å²) >= 11 is 0. The highest BCUT2D eigenvalue weighted by Gasteiger charge is 2.47. The normalized spacial score (nSPS) is 19.7. The lowest BCUT2D eigenvalue weighted by Gasteiger charge is -2.42. The minimum absolute atomic E-state index is 0.00879. The molecule has 1 aliphatic heterocycles. The molecule has 3 amide bonds. The third kappa shape index (κ3) is 4.53. The van der Waals surface area contributed by atoms with Crippen molar-refractivity contribution >= 4 is 17.5 Å². The van der Waals surface area contributed by atoms with Gasteiger partial charge in [0.25, 0.3) is 0 Å². The molecule has 3 heterocycles. The number of amides is 3. The number of urea groups is 1. The SMILES string of the molecule is NC(=O)N1CCC2=C(C1)C(Cc1nc(-c3ccccn3)no1)(C(N)=O)CC=C2c1cccc(C(F)(F)F)c1. The van der Waals surface area contributed by atoms with Crippen LogP contribution in [0, 0.1) is 5.41 Å². The fourth-order valence-corrected chi connectivity index (χ4v) is 5.07. The van der Waals surface area contributed by atoms with Gasteiger partial charge in [-0.1, -0.05) is 29.4 Å². The van der Waals surface area contributed by atoms with Gasteiger partial charge in [0.1, 0.15) is 5.69 Å². The lowest BCUT2D eigenvalue weighted by atomic mass is 9.65. The van der Waals surface area contributed by atoms with Crippen molar-refractivity contribution in [3.63, 3.8) is 0 Å². The van der Waals surface area contributed by atoms with E-state index >= 15 is 0 Å². The number of benzene rings is 1. The number of carbonyl (C=O) groups excluding carboxylic acids is 2. The minimum atomic E-state index is -4.52. The Labute approximate surface area is 215 Å². The van der Waals surface area contributed by atoms with E-state index in [1.807, 2.05) is 0 Å². The molecule has 38 heavy (non-hydrogen) atoms. The predicted molar refractivity (Wildman–Crippen MR) is 130 cm³/mol. The van der Waals surface area contributed by atoms with E-state index in [1.165, 1.54) is 11.0 Å². The topological polar surface area (TPSA) is 141 Å². The number of alkyl halides is 3. The molecule has 9 nitrogen and oxygen atoms in total. The van der Waals surface area contributed by atoms with E-state index in [2.05, 4.69) is 15.1 Å². The molecule has 0 radical (unpaired) electrons. The monoisotopic (exact) mass is 524 g/mol. The average Bonchev–Trinajstić information content (AvgIpc) is 3.37. The van der Waals surface area contributed by atoms with E-state index in [0.717, 1.165) is 12.1 Å². The molecular formula is C26H23F3N6O3. The fraction of sp³-hybridized carbons (Fsp3) is 0.269. The standard InChI is InChI=1S/C26H23F3N6O3/c27-26(28,29)16-5-3-4-15(12-16)17-7-9-25(23(30)36,19-14-35(24(31)37)11-8-18(17)19)13-21-33-22(34-38-21)20-6-1-2-10-32-20/h1-7,10,12H,8-9,11,13-14H2,(H2,30,36)(H2,31,37). The first-order chi connectivity index (χ1) is 18.1. The summed E-state index contributed by atoms with van der Waals surface area (Å²) in [6, 6.07) is 9.53. The summed E-state index contributed by atoms with van der Waals surface area (Å²) in [5.41, 5.74) is 11.9. The molecule has 2 aromatic heterocycles. The maximum absolute atomic E-state index is 13.4. The Morgan fingerprint density at radius 3 is 2.63 bits per heavy atom. The lowest BCUT2D eigenvalue weighted by molar-refractivity contribution is -0.137. The van der Waals surface area contributed by atoms with Crippen LogP contribution in [0.2, 0.25) is 0 Å². The largest absolute Gasteiger partial charge is 0.416 e. The quantitative estimate of drug-likeness (QED) is 0.521. The van der Waals surface area contributed by atoms with Crippen molar-refractivity contribution < 1.29 is 27.3 Å². The number of allylic oxidation sites excluding steroid dienone is 2. The van der Waals surface area contributed by atoms with Gasteiger partial charge in [0, 0.05) is 25.7 Å². The Kier molecular flexibility index (Phi) is 6.25. The maximum Gasteiger partial charge on any atom is 0.416 e. The zero-order valence-corrected chi connectivity index (χ0v) is 20.0. The molecule has 1 atom stereocenters. The van der Waals surface area contributed by atoms with Crippen molar-refractivity contribution in [1.82, 2.24) is 20.0 Å². The molecule has 1 aliphatic carbocycles. The number of nitrogens with zero attached hydrogens (tertiary/aromatic N) is 4. The van der Waals surface area contributed by atoms with Crippen molar-refractivity contribution in [2.24, 2.45) is 16.9 Å². The van der Waals surface area contributed by atoms with Crippen molar-refractivity contribution in [1.29, 1.82) is 0 Å². The Morgan fingerprint density at radius 2 is 1.95 bits per heavy atom. The summed E-state index contributed by atoms with van der Waals surface area (Å²) < 4.78 is 45.7. The second-order valence-corrected chi connectivity index (χ2v) is 9.22. The van der Waals surface area contributed by atoms with Crippen LogP contribution in [0.4, 0.5) is 18.0 Å². The summed E-state index contributed by atoms with van der Waals surface area (Å²) in [6.07, 6.45) is -0.957. The van der Waals surface area contributed by atoms with E-state index in [9.17, 15) is 22.8 Å². The van der Waals surface area contributed by atoms with E-state index in [4.69, 9.17) is 16.0 Å². The van der Waals surface area contributed by atoms with Crippen LogP contribution in [0.1, 0.15) is 29.9 Å². The van der Waals surface area contributed by atoms with Crippen molar-refractivity contribution in [2.75, 3.05) is 13.1 Å². The second kappa shape index (κ2) is 9.43. The van der Waals surface area contributed by atoms with Crippen LogP contribution in [0.3, 0.4) is 0 Å².